The molecule has 0 aromatic carbocycles. The molecule has 0 aliphatic rings. The molecule has 0 fully saturated rings. The Balaban J connectivity index is 5.26. The number of nitrogens with two attached hydrogens (primary N) is 2. The van der Waals surface area contributed by atoms with Gasteiger partial charge in [-0.2, -0.15) is 0 Å². The maximum Gasteiger partial charge on any atom is 0.424 e. The zero-order valence-electron chi connectivity index (χ0n) is 16.3. The number of methoxy groups -OCH3 is 1. The summed E-state index contributed by atoms with van der Waals surface area (Å²) in [5.41, 5.74) is 5.02. The number of rotatable bonds is 9. The Kier molecular flexibility index (Phi) is 9.99. The van der Waals surface area contributed by atoms with Gasteiger partial charge in [-0.05, 0) is 52.0 Å². The molecule has 4 atom stereocenters. The number of nitrogens with zero attached hydrogens (tertiary/aromatic N) is 1. The number of hydrogen-bond donors (Lipinski definition) is 3. The van der Waals surface area contributed by atoms with Gasteiger partial charge in [-0.1, -0.05) is 20.3 Å². The molecule has 0 aliphatic carbocycles. The minimum atomic E-state index is -1.27. The predicted octanol–water partition coefficient (Wildman–Crippen LogP) is 1.40. The van der Waals surface area contributed by atoms with Gasteiger partial charge in [0.05, 0.1) is 13.2 Å². The molecule has 5 N–H and O–H groups in total. The van der Waals surface area contributed by atoms with Gasteiger partial charge in [0, 0.05) is 0 Å². The normalized spacial score (nSPS) is 16.5. The topological polar surface area (TPSA) is 128 Å². The highest BCUT2D eigenvalue weighted by molar-refractivity contribution is 5.74. The van der Waals surface area contributed by atoms with Gasteiger partial charge in [0.1, 0.15) is 5.60 Å². The van der Waals surface area contributed by atoms with Crippen LogP contribution >= 0.6 is 0 Å². The Morgan fingerprint density at radius 3 is 2.20 bits per heavy atom. The van der Waals surface area contributed by atoms with Crippen molar-refractivity contribution in [2.75, 3.05) is 13.7 Å². The molecule has 8 nitrogen and oxygen atoms in total. The lowest BCUT2D eigenvalue weighted by Crippen LogP contribution is -2.50. The van der Waals surface area contributed by atoms with Crippen molar-refractivity contribution in [3.8, 4) is 0 Å². The summed E-state index contributed by atoms with van der Waals surface area (Å²) >= 11 is 0. The number of amides is 1. The van der Waals surface area contributed by atoms with Crippen molar-refractivity contribution < 1.29 is 24.2 Å². The first-order chi connectivity index (χ1) is 11.5. The summed E-state index contributed by atoms with van der Waals surface area (Å²) in [4.78, 5) is 23.9. The Morgan fingerprint density at radius 1 is 1.24 bits per heavy atom. The Hall–Kier alpha value is -1.38. The van der Waals surface area contributed by atoms with Crippen LogP contribution in [-0.4, -0.2) is 53.6 Å². The SMILES string of the molecule is CCC(CC(CC(C)CN)N(N)C(=O)OC(C)(C)C)C(O)C(=O)OC. The quantitative estimate of drug-likeness (QED) is 0.245. The van der Waals surface area contributed by atoms with Crippen LogP contribution in [0.15, 0.2) is 0 Å². The number of carbonyl (C=O) groups is 2. The summed E-state index contributed by atoms with van der Waals surface area (Å²) in [7, 11) is 1.22. The molecule has 0 rings (SSSR count). The zero-order valence-corrected chi connectivity index (χ0v) is 16.3. The number of ether oxygens (including phenoxy) is 2. The van der Waals surface area contributed by atoms with Gasteiger partial charge in [0.25, 0.3) is 0 Å². The van der Waals surface area contributed by atoms with Gasteiger partial charge < -0.3 is 20.3 Å². The molecular weight excluding hydrogens is 326 g/mol. The smallest absolute Gasteiger partial charge is 0.424 e. The van der Waals surface area contributed by atoms with Crippen LogP contribution < -0.4 is 11.6 Å². The molecule has 0 saturated heterocycles. The second-order valence-corrected chi connectivity index (χ2v) is 7.49. The second-order valence-electron chi connectivity index (χ2n) is 7.49. The van der Waals surface area contributed by atoms with Crippen LogP contribution in [0.2, 0.25) is 0 Å². The molecule has 148 valence electrons. The van der Waals surface area contributed by atoms with Crippen molar-refractivity contribution in [1.82, 2.24) is 5.01 Å². The van der Waals surface area contributed by atoms with E-state index in [0.29, 0.717) is 25.8 Å². The predicted molar refractivity (Wildman–Crippen MR) is 95.3 cm³/mol. The molecule has 0 aliphatic heterocycles. The molecule has 0 spiro atoms. The lowest BCUT2D eigenvalue weighted by Gasteiger charge is -2.34. The average Bonchev–Trinajstić information content (AvgIpc) is 2.54. The maximum atomic E-state index is 12.3. The van der Waals surface area contributed by atoms with E-state index >= 15 is 0 Å². The van der Waals surface area contributed by atoms with Gasteiger partial charge >= 0.3 is 12.1 Å². The largest absolute Gasteiger partial charge is 0.467 e. The van der Waals surface area contributed by atoms with Crippen molar-refractivity contribution in [2.45, 2.75) is 71.6 Å². The lowest BCUT2D eigenvalue weighted by molar-refractivity contribution is -0.154. The summed E-state index contributed by atoms with van der Waals surface area (Å²) in [5, 5.41) is 11.2. The Labute approximate surface area is 150 Å². The van der Waals surface area contributed by atoms with Gasteiger partial charge in [-0.3, -0.25) is 0 Å². The highest BCUT2D eigenvalue weighted by atomic mass is 16.6. The van der Waals surface area contributed by atoms with E-state index in [1.54, 1.807) is 20.8 Å². The van der Waals surface area contributed by atoms with E-state index in [9.17, 15) is 14.7 Å². The Bertz CT molecular complexity index is 425. The fraction of sp³-hybridized carbons (Fsp3) is 0.882. The van der Waals surface area contributed by atoms with Crippen LogP contribution in [0.3, 0.4) is 0 Å². The number of esters is 1. The second kappa shape index (κ2) is 10.6. The van der Waals surface area contributed by atoms with Crippen LogP contribution in [0.5, 0.6) is 0 Å². The molecule has 25 heavy (non-hydrogen) atoms. The van der Waals surface area contributed by atoms with Crippen LogP contribution in [0.4, 0.5) is 4.79 Å². The maximum absolute atomic E-state index is 12.3. The fourth-order valence-electron chi connectivity index (χ4n) is 2.53. The lowest BCUT2D eigenvalue weighted by atomic mass is 9.87. The summed E-state index contributed by atoms with van der Waals surface area (Å²) in [5.74, 6) is 5.03. The highest BCUT2D eigenvalue weighted by Gasteiger charge is 2.33. The van der Waals surface area contributed by atoms with Gasteiger partial charge in [-0.15, -0.1) is 0 Å². The molecule has 1 amide bonds. The molecule has 0 aromatic heterocycles. The average molecular weight is 361 g/mol. The van der Waals surface area contributed by atoms with Crippen LogP contribution in [-0.2, 0) is 14.3 Å². The van der Waals surface area contributed by atoms with E-state index in [1.807, 2.05) is 13.8 Å². The van der Waals surface area contributed by atoms with Gasteiger partial charge in [-0.25, -0.2) is 20.4 Å². The third-order valence-corrected chi connectivity index (χ3v) is 4.06. The molecule has 0 saturated carbocycles. The molecule has 0 bridgehead atoms. The number of hydrogen-bond acceptors (Lipinski definition) is 7. The van der Waals surface area contributed by atoms with Crippen molar-refractivity contribution in [3.05, 3.63) is 0 Å². The van der Waals surface area contributed by atoms with Crippen molar-refractivity contribution >= 4 is 12.1 Å². The van der Waals surface area contributed by atoms with E-state index in [-0.39, 0.29) is 5.92 Å². The molecule has 4 unspecified atom stereocenters. The van der Waals surface area contributed by atoms with Gasteiger partial charge in [0.15, 0.2) is 6.10 Å². The third-order valence-electron chi connectivity index (χ3n) is 4.06. The first kappa shape index (κ1) is 23.6. The number of aliphatic hydroxyl groups excluding tert-OH is 1. The first-order valence-electron chi connectivity index (χ1n) is 8.69. The molecule has 0 heterocycles. The van der Waals surface area contributed by atoms with Crippen LogP contribution in [0.25, 0.3) is 0 Å². The summed E-state index contributed by atoms with van der Waals surface area (Å²) < 4.78 is 9.92. The fourth-order valence-corrected chi connectivity index (χ4v) is 2.53. The molecule has 8 heteroatoms. The minimum absolute atomic E-state index is 0.117. The number of hydrazine groups is 1. The van der Waals surface area contributed by atoms with Crippen molar-refractivity contribution in [2.24, 2.45) is 23.4 Å². The molecule has 0 radical (unpaired) electrons. The monoisotopic (exact) mass is 361 g/mol. The highest BCUT2D eigenvalue weighted by Crippen LogP contribution is 2.24. The Morgan fingerprint density at radius 2 is 1.80 bits per heavy atom. The number of carbonyl (C=O) groups excluding carboxylic acids is 2. The van der Waals surface area contributed by atoms with Crippen molar-refractivity contribution in [1.29, 1.82) is 0 Å². The standard InChI is InChI=1S/C17H35N3O5/c1-7-12(14(21)15(22)24-6)9-13(8-11(2)10-18)20(19)16(23)25-17(3,4)5/h11-14,21H,7-10,18-19H2,1-6H3. The first-order valence-corrected chi connectivity index (χ1v) is 8.69. The zero-order chi connectivity index (χ0) is 19.8. The van der Waals surface area contributed by atoms with E-state index < -0.39 is 35.7 Å². The van der Waals surface area contributed by atoms with E-state index in [2.05, 4.69) is 4.74 Å². The van der Waals surface area contributed by atoms with E-state index in [0.717, 1.165) is 5.01 Å². The van der Waals surface area contributed by atoms with Gasteiger partial charge in [0.2, 0.25) is 0 Å². The summed E-state index contributed by atoms with van der Waals surface area (Å²) in [6, 6.07) is -0.419. The third kappa shape index (κ3) is 8.51. The van der Waals surface area contributed by atoms with E-state index in [4.69, 9.17) is 16.3 Å². The van der Waals surface area contributed by atoms with Crippen LogP contribution in [0, 0.1) is 11.8 Å². The van der Waals surface area contributed by atoms with E-state index in [1.165, 1.54) is 7.11 Å². The minimum Gasteiger partial charge on any atom is -0.467 e. The van der Waals surface area contributed by atoms with Crippen LogP contribution in [0.1, 0.15) is 53.9 Å². The molecule has 0 aromatic rings. The van der Waals surface area contributed by atoms with Crippen molar-refractivity contribution in [3.63, 3.8) is 0 Å². The molecular formula is C17H35N3O5. The number of aliphatic hydroxyl groups is 1. The summed E-state index contributed by atoms with van der Waals surface area (Å²) in [6.45, 7) is 9.52. The summed E-state index contributed by atoms with van der Waals surface area (Å²) in [6.07, 6.45) is -0.503.